The van der Waals surface area contributed by atoms with Gasteiger partial charge in [-0.15, -0.1) is 0 Å². The molecule has 0 aromatic heterocycles. The first-order valence-corrected chi connectivity index (χ1v) is 8.30. The molecule has 1 unspecified atom stereocenters. The lowest BCUT2D eigenvalue weighted by atomic mass is 10.1. The van der Waals surface area contributed by atoms with Gasteiger partial charge in [0, 0.05) is 0 Å². The first kappa shape index (κ1) is 16.7. The minimum Gasteiger partial charge on any atom is -0.465 e. The number of sulfone groups is 1. The molecule has 0 aliphatic rings. The number of methoxy groups -OCH3 is 1. The number of esters is 1. The molecule has 0 aliphatic heterocycles. The third-order valence-corrected chi connectivity index (χ3v) is 5.25. The minimum atomic E-state index is -3.88. The van der Waals surface area contributed by atoms with Crippen LogP contribution < -0.4 is 0 Å². The van der Waals surface area contributed by atoms with Gasteiger partial charge < -0.3 is 4.74 Å². The number of aryl methyl sites for hydroxylation is 1. The zero-order valence-corrected chi connectivity index (χ0v) is 13.5. The van der Waals surface area contributed by atoms with E-state index in [9.17, 15) is 13.2 Å². The van der Waals surface area contributed by atoms with E-state index in [1.165, 1.54) is 43.5 Å². The van der Waals surface area contributed by atoms with Crippen molar-refractivity contribution in [2.24, 2.45) is 0 Å². The van der Waals surface area contributed by atoms with Crippen LogP contribution in [0.4, 0.5) is 0 Å². The molecule has 2 aromatic rings. The van der Waals surface area contributed by atoms with Gasteiger partial charge in [-0.05, 0) is 31.2 Å². The first-order chi connectivity index (χ1) is 10.9. The van der Waals surface area contributed by atoms with E-state index >= 15 is 0 Å². The molecule has 2 aromatic carbocycles. The standard InChI is InChI=1S/C17H15NO4S/c1-12-7-9-15(10-8-12)23(20,21)16(18-2)13-5-4-6-14(11-13)17(19)22-3/h4-11,16H,1,3H3. The summed E-state index contributed by atoms with van der Waals surface area (Å²) in [5.74, 6) is -0.580. The summed E-state index contributed by atoms with van der Waals surface area (Å²) >= 11 is 0. The van der Waals surface area contributed by atoms with Crippen LogP contribution in [0.5, 0.6) is 0 Å². The van der Waals surface area contributed by atoms with Crippen LogP contribution in [-0.2, 0) is 14.6 Å². The van der Waals surface area contributed by atoms with Crippen LogP contribution in [0, 0.1) is 13.5 Å². The number of carbonyl (C=O) groups excluding carboxylic acids is 1. The molecule has 2 rings (SSSR count). The summed E-state index contributed by atoms with van der Waals surface area (Å²) in [6.07, 6.45) is 0. The predicted octanol–water partition coefficient (Wildman–Crippen LogP) is 3.17. The highest BCUT2D eigenvalue weighted by Gasteiger charge is 2.34. The van der Waals surface area contributed by atoms with E-state index in [2.05, 4.69) is 9.58 Å². The molecule has 0 saturated carbocycles. The number of ether oxygens (including phenoxy) is 1. The predicted molar refractivity (Wildman–Crippen MR) is 85.5 cm³/mol. The van der Waals surface area contributed by atoms with E-state index in [0.717, 1.165) is 5.56 Å². The van der Waals surface area contributed by atoms with Gasteiger partial charge in [-0.3, -0.25) is 4.85 Å². The van der Waals surface area contributed by atoms with Gasteiger partial charge in [-0.2, -0.15) is 0 Å². The van der Waals surface area contributed by atoms with Crippen molar-refractivity contribution < 1.29 is 17.9 Å². The monoisotopic (exact) mass is 329 g/mol. The molecule has 23 heavy (non-hydrogen) atoms. The smallest absolute Gasteiger partial charge is 0.350 e. The van der Waals surface area contributed by atoms with Crippen molar-refractivity contribution in [2.45, 2.75) is 17.2 Å². The number of hydrogen-bond acceptors (Lipinski definition) is 4. The van der Waals surface area contributed by atoms with Crippen LogP contribution in [0.1, 0.15) is 26.9 Å². The molecule has 1 atom stereocenters. The number of rotatable bonds is 4. The molecule has 6 heteroatoms. The Morgan fingerprint density at radius 3 is 2.39 bits per heavy atom. The van der Waals surface area contributed by atoms with Crippen LogP contribution in [0.3, 0.4) is 0 Å². The lowest BCUT2D eigenvalue weighted by Gasteiger charge is -2.09. The second kappa shape index (κ2) is 6.63. The van der Waals surface area contributed by atoms with Gasteiger partial charge in [-0.1, -0.05) is 29.8 Å². The highest BCUT2D eigenvalue weighted by atomic mass is 32.2. The lowest BCUT2D eigenvalue weighted by molar-refractivity contribution is 0.0600. The van der Waals surface area contributed by atoms with Gasteiger partial charge >= 0.3 is 11.3 Å². The van der Waals surface area contributed by atoms with E-state index in [4.69, 9.17) is 6.57 Å². The first-order valence-electron chi connectivity index (χ1n) is 6.75. The second-order valence-electron chi connectivity index (χ2n) is 4.96. The number of carbonyl (C=O) groups is 1. The van der Waals surface area contributed by atoms with Gasteiger partial charge in [0.1, 0.15) is 0 Å². The van der Waals surface area contributed by atoms with Gasteiger partial charge in [0.15, 0.2) is 0 Å². The quantitative estimate of drug-likeness (QED) is 0.638. The van der Waals surface area contributed by atoms with Gasteiger partial charge in [0.25, 0.3) is 9.84 Å². The third-order valence-electron chi connectivity index (χ3n) is 3.35. The number of benzene rings is 2. The van der Waals surface area contributed by atoms with Crippen molar-refractivity contribution in [3.05, 3.63) is 76.6 Å². The lowest BCUT2D eigenvalue weighted by Crippen LogP contribution is -2.12. The maximum absolute atomic E-state index is 12.7. The van der Waals surface area contributed by atoms with Crippen LogP contribution >= 0.6 is 0 Å². The van der Waals surface area contributed by atoms with Gasteiger partial charge in [0.2, 0.25) is 0 Å². The molecular formula is C17H15NO4S. The van der Waals surface area contributed by atoms with Gasteiger partial charge in [-0.25, -0.2) is 19.8 Å². The molecule has 5 nitrogen and oxygen atoms in total. The molecule has 118 valence electrons. The fourth-order valence-electron chi connectivity index (χ4n) is 2.12. The van der Waals surface area contributed by atoms with Crippen LogP contribution in [0.15, 0.2) is 53.4 Å². The number of nitrogens with zero attached hydrogens (tertiary/aromatic N) is 1. The van der Waals surface area contributed by atoms with E-state index < -0.39 is 21.2 Å². The Hall–Kier alpha value is -2.65. The maximum atomic E-state index is 12.7. The molecule has 0 heterocycles. The molecule has 0 bridgehead atoms. The third kappa shape index (κ3) is 3.41. The summed E-state index contributed by atoms with van der Waals surface area (Å²) in [4.78, 5) is 14.9. The summed E-state index contributed by atoms with van der Waals surface area (Å²) in [5, 5.41) is -1.41. The molecule has 0 fully saturated rings. The highest BCUT2D eigenvalue weighted by molar-refractivity contribution is 7.91. The molecule has 0 aliphatic carbocycles. The Morgan fingerprint density at radius 2 is 1.83 bits per heavy atom. The molecule has 0 spiro atoms. The van der Waals surface area contributed by atoms with Crippen LogP contribution in [0.25, 0.3) is 4.85 Å². The SMILES string of the molecule is [C-]#[N+]C(c1cccc(C(=O)OC)c1)S(=O)(=O)c1ccc(C)cc1. The zero-order valence-electron chi connectivity index (χ0n) is 12.7. The number of hydrogen-bond donors (Lipinski definition) is 0. The topological polar surface area (TPSA) is 64.8 Å². The zero-order chi connectivity index (χ0) is 17.0. The van der Waals surface area contributed by atoms with E-state index in [1.54, 1.807) is 12.1 Å². The van der Waals surface area contributed by atoms with Crippen molar-refractivity contribution in [2.75, 3.05) is 7.11 Å². The highest BCUT2D eigenvalue weighted by Crippen LogP contribution is 2.31. The van der Waals surface area contributed by atoms with Crippen molar-refractivity contribution >= 4 is 15.8 Å². The maximum Gasteiger partial charge on any atom is 0.350 e. The average Bonchev–Trinajstić information content (AvgIpc) is 2.55. The molecule has 0 N–H and O–H groups in total. The largest absolute Gasteiger partial charge is 0.465 e. The molecule has 0 radical (unpaired) electrons. The Bertz CT molecular complexity index is 864. The van der Waals surface area contributed by atoms with Crippen LogP contribution in [-0.4, -0.2) is 21.5 Å². The normalized spacial score (nSPS) is 12.2. The van der Waals surface area contributed by atoms with Crippen LogP contribution in [0.2, 0.25) is 0 Å². The van der Waals surface area contributed by atoms with Gasteiger partial charge in [0.05, 0.1) is 23.1 Å². The van der Waals surface area contributed by atoms with Crippen molar-refractivity contribution in [1.29, 1.82) is 0 Å². The summed E-state index contributed by atoms with van der Waals surface area (Å²) in [5.41, 5.74) is 1.37. The van der Waals surface area contributed by atoms with E-state index in [-0.39, 0.29) is 16.0 Å². The molecule has 0 saturated heterocycles. The fourth-order valence-corrected chi connectivity index (χ4v) is 3.53. The van der Waals surface area contributed by atoms with Crippen molar-refractivity contribution in [3.63, 3.8) is 0 Å². The van der Waals surface area contributed by atoms with Crippen molar-refractivity contribution in [1.82, 2.24) is 0 Å². The Kier molecular flexibility index (Phi) is 4.82. The molecular weight excluding hydrogens is 314 g/mol. The van der Waals surface area contributed by atoms with E-state index in [0.29, 0.717) is 0 Å². The van der Waals surface area contributed by atoms with Crippen molar-refractivity contribution in [3.8, 4) is 0 Å². The summed E-state index contributed by atoms with van der Waals surface area (Å²) < 4.78 is 30.0. The summed E-state index contributed by atoms with van der Waals surface area (Å²) in [7, 11) is -2.64. The fraction of sp³-hybridized carbons (Fsp3) is 0.176. The molecule has 0 amide bonds. The minimum absolute atomic E-state index is 0.0765. The van der Waals surface area contributed by atoms with E-state index in [1.807, 2.05) is 6.92 Å². The Balaban J connectivity index is 2.49. The summed E-state index contributed by atoms with van der Waals surface area (Å²) in [6, 6.07) is 12.2. The Labute approximate surface area is 135 Å². The Morgan fingerprint density at radius 1 is 1.17 bits per heavy atom. The summed E-state index contributed by atoms with van der Waals surface area (Å²) in [6.45, 7) is 9.15. The average molecular weight is 329 g/mol. The second-order valence-corrected chi connectivity index (χ2v) is 6.96.